The van der Waals surface area contributed by atoms with E-state index in [1.807, 2.05) is 18.2 Å². The smallest absolute Gasteiger partial charge is 0.336 e. The fourth-order valence-electron chi connectivity index (χ4n) is 4.04. The molecule has 3 aromatic rings. The van der Waals surface area contributed by atoms with Crippen LogP contribution >= 0.6 is 0 Å². The van der Waals surface area contributed by atoms with Gasteiger partial charge in [0.25, 0.3) is 0 Å². The number of aromatic carboxylic acids is 1. The molecule has 6 heteroatoms. The van der Waals surface area contributed by atoms with E-state index in [9.17, 15) is 9.90 Å². The number of aryl methyl sites for hydroxylation is 1. The van der Waals surface area contributed by atoms with Gasteiger partial charge in [0.05, 0.1) is 5.56 Å². The second-order valence-corrected chi connectivity index (χ2v) is 7.49. The molecule has 0 bridgehead atoms. The number of piperidine rings is 1. The van der Waals surface area contributed by atoms with E-state index in [4.69, 9.17) is 0 Å². The molecular weight excluding hydrogens is 352 g/mol. The van der Waals surface area contributed by atoms with Crippen molar-refractivity contribution in [3.63, 3.8) is 0 Å². The summed E-state index contributed by atoms with van der Waals surface area (Å²) in [5.41, 5.74) is 2.51. The van der Waals surface area contributed by atoms with E-state index in [0.717, 1.165) is 48.1 Å². The van der Waals surface area contributed by atoms with Crippen LogP contribution in [-0.4, -0.2) is 52.4 Å². The fourth-order valence-corrected chi connectivity index (χ4v) is 4.04. The summed E-state index contributed by atoms with van der Waals surface area (Å²) in [4.78, 5) is 14.0. The highest BCUT2D eigenvalue weighted by atomic mass is 16.4. The van der Waals surface area contributed by atoms with Gasteiger partial charge in [0.15, 0.2) is 5.82 Å². The van der Waals surface area contributed by atoms with Crippen LogP contribution in [0.25, 0.3) is 22.0 Å². The Morgan fingerprint density at radius 2 is 2.00 bits per heavy atom. The molecule has 1 aliphatic rings. The zero-order chi connectivity index (χ0) is 19.7. The first-order chi connectivity index (χ1) is 13.5. The van der Waals surface area contributed by atoms with Crippen molar-refractivity contribution in [2.24, 2.45) is 0 Å². The molecule has 2 heterocycles. The molecule has 1 atom stereocenters. The van der Waals surface area contributed by atoms with E-state index in [1.165, 1.54) is 0 Å². The number of carboxylic acid groups (broad SMARTS) is 1. The van der Waals surface area contributed by atoms with Gasteiger partial charge >= 0.3 is 5.97 Å². The number of nitrogens with zero attached hydrogens (tertiary/aromatic N) is 3. The maximum Gasteiger partial charge on any atom is 0.336 e. The van der Waals surface area contributed by atoms with Gasteiger partial charge in [-0.25, -0.2) is 4.79 Å². The van der Waals surface area contributed by atoms with E-state index in [-0.39, 0.29) is 5.56 Å². The van der Waals surface area contributed by atoms with Crippen molar-refractivity contribution in [1.82, 2.24) is 15.1 Å². The van der Waals surface area contributed by atoms with Crippen LogP contribution in [0.15, 0.2) is 42.5 Å². The first-order valence-corrected chi connectivity index (χ1v) is 9.58. The lowest BCUT2D eigenvalue weighted by Gasteiger charge is -2.30. The molecule has 144 valence electrons. The van der Waals surface area contributed by atoms with E-state index in [0.29, 0.717) is 17.3 Å². The number of anilines is 1. The lowest BCUT2D eigenvalue weighted by Crippen LogP contribution is -2.40. The van der Waals surface area contributed by atoms with Crippen molar-refractivity contribution in [2.45, 2.75) is 25.8 Å². The van der Waals surface area contributed by atoms with Gasteiger partial charge in [0, 0.05) is 28.9 Å². The molecule has 0 amide bonds. The minimum Gasteiger partial charge on any atom is -0.478 e. The molecule has 1 aliphatic heterocycles. The average molecular weight is 376 g/mol. The zero-order valence-corrected chi connectivity index (χ0v) is 16.1. The highest BCUT2D eigenvalue weighted by Gasteiger charge is 2.21. The first kappa shape index (κ1) is 18.4. The highest BCUT2D eigenvalue weighted by molar-refractivity contribution is 6.05. The quantitative estimate of drug-likeness (QED) is 0.721. The molecule has 2 N–H and O–H groups in total. The number of likely N-dealkylation sites (N-methyl/N-ethyl adjacent to an activating group) is 1. The number of aromatic nitrogens is 2. The molecule has 2 aromatic carbocycles. The van der Waals surface area contributed by atoms with Crippen LogP contribution in [0.2, 0.25) is 0 Å². The maximum atomic E-state index is 11.7. The van der Waals surface area contributed by atoms with E-state index >= 15 is 0 Å². The Hall–Kier alpha value is -2.99. The standard InChI is InChI=1S/C22H24N4O2/c1-14-7-5-11-18-19(14)21(23-15-8-6-12-26(2)13-15)25-24-20(18)16-9-3-4-10-17(16)22(27)28/h3-5,7,9-11,15H,6,8,12-13H2,1-2H3,(H,23,25)(H,27,28)/t15-/m1/s1. The Bertz CT molecular complexity index is 1030. The van der Waals surface area contributed by atoms with Gasteiger partial charge in [-0.1, -0.05) is 36.4 Å². The van der Waals surface area contributed by atoms with Gasteiger partial charge in [0.1, 0.15) is 5.69 Å². The molecule has 0 aliphatic carbocycles. The predicted octanol–water partition coefficient (Wildman–Crippen LogP) is 3.81. The zero-order valence-electron chi connectivity index (χ0n) is 16.1. The molecule has 0 radical (unpaired) electrons. The van der Waals surface area contributed by atoms with E-state index in [2.05, 4.69) is 40.5 Å². The highest BCUT2D eigenvalue weighted by Crippen LogP contribution is 2.34. The van der Waals surface area contributed by atoms with E-state index in [1.54, 1.807) is 18.2 Å². The van der Waals surface area contributed by atoms with Crippen molar-refractivity contribution in [3.05, 3.63) is 53.6 Å². The molecular formula is C22H24N4O2. The second-order valence-electron chi connectivity index (χ2n) is 7.49. The van der Waals surface area contributed by atoms with E-state index < -0.39 is 5.97 Å². The summed E-state index contributed by atoms with van der Waals surface area (Å²) in [6, 6.07) is 13.3. The summed E-state index contributed by atoms with van der Waals surface area (Å²) in [6.45, 7) is 4.14. The van der Waals surface area contributed by atoms with Gasteiger partial charge in [0.2, 0.25) is 0 Å². The lowest BCUT2D eigenvalue weighted by atomic mass is 9.97. The van der Waals surface area contributed by atoms with Gasteiger partial charge in [-0.3, -0.25) is 0 Å². The monoisotopic (exact) mass is 376 g/mol. The largest absolute Gasteiger partial charge is 0.478 e. The van der Waals surface area contributed by atoms with Crippen molar-refractivity contribution in [1.29, 1.82) is 0 Å². The van der Waals surface area contributed by atoms with Gasteiger partial charge in [-0.05, 0) is 45.0 Å². The molecule has 4 rings (SSSR count). The molecule has 1 saturated heterocycles. The summed E-state index contributed by atoms with van der Waals surface area (Å²) in [7, 11) is 2.13. The number of rotatable bonds is 4. The van der Waals surface area contributed by atoms with Crippen molar-refractivity contribution < 1.29 is 9.90 Å². The first-order valence-electron chi connectivity index (χ1n) is 9.58. The topological polar surface area (TPSA) is 78.3 Å². The summed E-state index contributed by atoms with van der Waals surface area (Å²) in [5.74, 6) is -0.199. The van der Waals surface area contributed by atoms with Crippen LogP contribution < -0.4 is 5.32 Å². The molecule has 0 spiro atoms. The Morgan fingerprint density at radius 1 is 1.18 bits per heavy atom. The number of benzene rings is 2. The molecule has 6 nitrogen and oxygen atoms in total. The number of hydrogen-bond acceptors (Lipinski definition) is 5. The Kier molecular flexibility index (Phi) is 4.96. The normalized spacial score (nSPS) is 17.6. The van der Waals surface area contributed by atoms with Crippen LogP contribution in [0.5, 0.6) is 0 Å². The molecule has 1 aromatic heterocycles. The minimum atomic E-state index is -0.967. The molecule has 0 saturated carbocycles. The Labute approximate surface area is 164 Å². The molecule has 1 fully saturated rings. The van der Waals surface area contributed by atoms with Gasteiger partial charge < -0.3 is 15.3 Å². The number of hydrogen-bond donors (Lipinski definition) is 2. The number of likely N-dealkylation sites (tertiary alicyclic amines) is 1. The van der Waals surface area contributed by atoms with Crippen LogP contribution in [0.4, 0.5) is 5.82 Å². The third-order valence-corrected chi connectivity index (χ3v) is 5.39. The fraction of sp³-hybridized carbons (Fsp3) is 0.318. The SMILES string of the molecule is Cc1cccc2c(-c3ccccc3C(=O)O)nnc(N[C@@H]3CCCN(C)C3)c12. The van der Waals surface area contributed by atoms with Gasteiger partial charge in [-0.2, -0.15) is 0 Å². The molecule has 28 heavy (non-hydrogen) atoms. The third kappa shape index (κ3) is 3.43. The van der Waals surface area contributed by atoms with Crippen molar-refractivity contribution in [2.75, 3.05) is 25.5 Å². The number of carbonyl (C=O) groups is 1. The summed E-state index contributed by atoms with van der Waals surface area (Å²) in [5, 5.41) is 24.0. The van der Waals surface area contributed by atoms with Crippen LogP contribution in [0, 0.1) is 6.92 Å². The summed E-state index contributed by atoms with van der Waals surface area (Å²) >= 11 is 0. The minimum absolute atomic E-state index is 0.231. The summed E-state index contributed by atoms with van der Waals surface area (Å²) < 4.78 is 0. The van der Waals surface area contributed by atoms with Crippen molar-refractivity contribution >= 4 is 22.6 Å². The number of fused-ring (bicyclic) bond motifs is 1. The number of nitrogens with one attached hydrogen (secondary N) is 1. The van der Waals surface area contributed by atoms with Crippen LogP contribution in [-0.2, 0) is 0 Å². The number of carboxylic acids is 1. The molecule has 0 unspecified atom stereocenters. The van der Waals surface area contributed by atoms with Crippen molar-refractivity contribution in [3.8, 4) is 11.3 Å². The lowest BCUT2D eigenvalue weighted by molar-refractivity contribution is 0.0697. The average Bonchev–Trinajstić information content (AvgIpc) is 2.68. The van der Waals surface area contributed by atoms with Gasteiger partial charge in [-0.15, -0.1) is 10.2 Å². The third-order valence-electron chi connectivity index (χ3n) is 5.39. The second kappa shape index (κ2) is 7.56. The maximum absolute atomic E-state index is 11.7. The van der Waals surface area contributed by atoms with Crippen LogP contribution in [0.3, 0.4) is 0 Å². The summed E-state index contributed by atoms with van der Waals surface area (Å²) in [6.07, 6.45) is 2.26. The Morgan fingerprint density at radius 3 is 2.79 bits per heavy atom. The Balaban J connectivity index is 1.84. The predicted molar refractivity (Wildman–Crippen MR) is 111 cm³/mol. The van der Waals surface area contributed by atoms with Crippen LogP contribution in [0.1, 0.15) is 28.8 Å².